The lowest BCUT2D eigenvalue weighted by atomic mass is 10.2. The van der Waals surface area contributed by atoms with Gasteiger partial charge in [0, 0.05) is 5.69 Å². The zero-order valence-corrected chi connectivity index (χ0v) is 13.1. The Morgan fingerprint density at radius 1 is 1.29 bits per heavy atom. The number of halogens is 2. The number of imide groups is 1. The van der Waals surface area contributed by atoms with Gasteiger partial charge in [0.15, 0.2) is 0 Å². The minimum absolute atomic E-state index is 0.175. The summed E-state index contributed by atoms with van der Waals surface area (Å²) in [5, 5.41) is 1.70. The van der Waals surface area contributed by atoms with Crippen LogP contribution in [-0.4, -0.2) is 37.1 Å². The van der Waals surface area contributed by atoms with Crippen LogP contribution in [-0.2, 0) is 19.6 Å². The molecular weight excluding hydrogens is 341 g/mol. The first-order chi connectivity index (χ1) is 9.64. The van der Waals surface area contributed by atoms with Gasteiger partial charge in [-0.25, -0.2) is 8.42 Å². The van der Waals surface area contributed by atoms with E-state index in [9.17, 15) is 18.0 Å². The second-order valence-corrected chi connectivity index (χ2v) is 7.09. The van der Waals surface area contributed by atoms with Crippen LogP contribution >= 0.6 is 23.2 Å². The summed E-state index contributed by atoms with van der Waals surface area (Å²) in [6.45, 7) is 0.866. The molecule has 1 aromatic carbocycles. The van der Waals surface area contributed by atoms with Gasteiger partial charge < -0.3 is 5.73 Å². The van der Waals surface area contributed by atoms with E-state index in [-0.39, 0.29) is 20.6 Å². The number of nitrogens with one attached hydrogen (secondary N) is 1. The third-order valence-corrected chi connectivity index (χ3v) is 5.80. The van der Waals surface area contributed by atoms with Crippen LogP contribution in [0.3, 0.4) is 0 Å². The summed E-state index contributed by atoms with van der Waals surface area (Å²) in [5.74, 6) is -1.43. The lowest BCUT2D eigenvalue weighted by Gasteiger charge is -2.31. The van der Waals surface area contributed by atoms with Crippen LogP contribution in [0.25, 0.3) is 0 Å². The summed E-state index contributed by atoms with van der Waals surface area (Å²) in [6, 6.07) is 1.41. The Balaban J connectivity index is 2.57. The van der Waals surface area contributed by atoms with E-state index in [2.05, 4.69) is 5.32 Å². The lowest BCUT2D eigenvalue weighted by Crippen LogP contribution is -2.58. The quantitative estimate of drug-likeness (QED) is 0.599. The fourth-order valence-corrected chi connectivity index (χ4v) is 4.66. The molecule has 7 nitrogen and oxygen atoms in total. The maximum Gasteiger partial charge on any atom is 0.247 e. The van der Waals surface area contributed by atoms with E-state index in [0.29, 0.717) is 0 Å². The molecule has 2 amide bonds. The SMILES string of the molecule is CC1C(=O)NC(=O)CN1S(=O)(=O)c1c(Cl)cc(N)cc1Cl. The lowest BCUT2D eigenvalue weighted by molar-refractivity contribution is -0.136. The number of piperazine rings is 1. The van der Waals surface area contributed by atoms with E-state index < -0.39 is 34.4 Å². The predicted octanol–water partition coefficient (Wildman–Crippen LogP) is 0.611. The summed E-state index contributed by atoms with van der Waals surface area (Å²) in [7, 11) is -4.22. The zero-order valence-electron chi connectivity index (χ0n) is 10.8. The summed E-state index contributed by atoms with van der Waals surface area (Å²) >= 11 is 11.8. The van der Waals surface area contributed by atoms with E-state index in [1.54, 1.807) is 0 Å². The number of carbonyl (C=O) groups excluding carboxylic acids is 2. The Bertz CT molecular complexity index is 712. The van der Waals surface area contributed by atoms with Gasteiger partial charge in [0.05, 0.1) is 16.6 Å². The van der Waals surface area contributed by atoms with Gasteiger partial charge in [-0.05, 0) is 19.1 Å². The molecule has 21 heavy (non-hydrogen) atoms. The van der Waals surface area contributed by atoms with Crippen molar-refractivity contribution in [2.75, 3.05) is 12.3 Å². The maximum atomic E-state index is 12.6. The van der Waals surface area contributed by atoms with E-state index in [1.807, 2.05) is 0 Å². The number of anilines is 1. The topological polar surface area (TPSA) is 110 Å². The Morgan fingerprint density at radius 2 is 1.81 bits per heavy atom. The number of amides is 2. The molecular formula is C11H11Cl2N3O4S. The highest BCUT2D eigenvalue weighted by molar-refractivity contribution is 7.89. The number of nitrogen functional groups attached to an aromatic ring is 1. The summed E-state index contributed by atoms with van der Waals surface area (Å²) in [5.41, 5.74) is 5.72. The van der Waals surface area contributed by atoms with Crippen molar-refractivity contribution < 1.29 is 18.0 Å². The Hall–Kier alpha value is -1.35. The summed E-state index contributed by atoms with van der Waals surface area (Å²) in [6.07, 6.45) is 0. The minimum atomic E-state index is -4.22. The zero-order chi connectivity index (χ0) is 15.9. The van der Waals surface area contributed by atoms with Crippen LogP contribution < -0.4 is 11.1 Å². The monoisotopic (exact) mass is 351 g/mol. The normalized spacial score (nSPS) is 20.4. The van der Waals surface area contributed by atoms with Gasteiger partial charge in [0.1, 0.15) is 10.9 Å². The molecule has 0 bridgehead atoms. The molecule has 1 aliphatic rings. The number of nitrogens with zero attached hydrogens (tertiary/aromatic N) is 1. The fraction of sp³-hybridized carbons (Fsp3) is 0.273. The molecule has 1 aliphatic heterocycles. The molecule has 1 aromatic rings. The predicted molar refractivity (Wildman–Crippen MR) is 77.4 cm³/mol. The smallest absolute Gasteiger partial charge is 0.247 e. The molecule has 1 saturated heterocycles. The van der Waals surface area contributed by atoms with Gasteiger partial charge in [-0.2, -0.15) is 4.31 Å². The van der Waals surface area contributed by atoms with Crippen molar-refractivity contribution in [2.45, 2.75) is 17.9 Å². The largest absolute Gasteiger partial charge is 0.399 e. The van der Waals surface area contributed by atoms with Crippen molar-refractivity contribution in [3.05, 3.63) is 22.2 Å². The Morgan fingerprint density at radius 3 is 2.33 bits per heavy atom. The third-order valence-electron chi connectivity index (χ3n) is 2.96. The van der Waals surface area contributed by atoms with Crippen molar-refractivity contribution in [3.63, 3.8) is 0 Å². The molecule has 114 valence electrons. The summed E-state index contributed by atoms with van der Waals surface area (Å²) < 4.78 is 26.0. The molecule has 1 atom stereocenters. The molecule has 0 spiro atoms. The van der Waals surface area contributed by atoms with Gasteiger partial charge in [-0.15, -0.1) is 0 Å². The van der Waals surface area contributed by atoms with Crippen LogP contribution in [0, 0.1) is 0 Å². The number of rotatable bonds is 2. The van der Waals surface area contributed by atoms with Crippen molar-refractivity contribution in [2.24, 2.45) is 0 Å². The highest BCUT2D eigenvalue weighted by Gasteiger charge is 2.40. The molecule has 10 heteroatoms. The van der Waals surface area contributed by atoms with Gasteiger partial charge >= 0.3 is 0 Å². The number of carbonyl (C=O) groups is 2. The van der Waals surface area contributed by atoms with E-state index >= 15 is 0 Å². The number of hydrogen-bond acceptors (Lipinski definition) is 5. The van der Waals surface area contributed by atoms with Crippen LogP contribution in [0.1, 0.15) is 6.92 Å². The van der Waals surface area contributed by atoms with Crippen LogP contribution in [0.5, 0.6) is 0 Å². The highest BCUT2D eigenvalue weighted by Crippen LogP contribution is 2.34. The first-order valence-electron chi connectivity index (χ1n) is 5.74. The average molecular weight is 352 g/mol. The fourth-order valence-electron chi connectivity index (χ4n) is 1.93. The average Bonchev–Trinajstić information content (AvgIpc) is 2.31. The molecule has 1 unspecified atom stereocenters. The van der Waals surface area contributed by atoms with E-state index in [0.717, 1.165) is 4.31 Å². The van der Waals surface area contributed by atoms with E-state index in [4.69, 9.17) is 28.9 Å². The molecule has 3 N–H and O–H groups in total. The third kappa shape index (κ3) is 2.84. The van der Waals surface area contributed by atoms with Crippen LogP contribution in [0.2, 0.25) is 10.0 Å². The second kappa shape index (κ2) is 5.45. The summed E-state index contributed by atoms with van der Waals surface area (Å²) in [4.78, 5) is 22.6. The van der Waals surface area contributed by atoms with Crippen molar-refractivity contribution in [3.8, 4) is 0 Å². The van der Waals surface area contributed by atoms with Crippen molar-refractivity contribution in [1.29, 1.82) is 0 Å². The molecule has 0 saturated carbocycles. The van der Waals surface area contributed by atoms with Gasteiger partial charge in [0.25, 0.3) is 0 Å². The molecule has 0 aromatic heterocycles. The van der Waals surface area contributed by atoms with Gasteiger partial charge in [-0.3, -0.25) is 14.9 Å². The maximum absolute atomic E-state index is 12.6. The van der Waals surface area contributed by atoms with Crippen molar-refractivity contribution in [1.82, 2.24) is 9.62 Å². The van der Waals surface area contributed by atoms with Crippen molar-refractivity contribution >= 4 is 50.7 Å². The Kier molecular flexibility index (Phi) is 4.16. The number of hydrogen-bond donors (Lipinski definition) is 2. The van der Waals surface area contributed by atoms with Gasteiger partial charge in [0.2, 0.25) is 21.8 Å². The standard InChI is InChI=1S/C11H11Cl2N3O4S/c1-5-11(18)15-9(17)4-16(5)21(19,20)10-7(12)2-6(14)3-8(10)13/h2-3,5H,4,14H2,1H3,(H,15,17,18). The highest BCUT2D eigenvalue weighted by atomic mass is 35.5. The molecule has 0 radical (unpaired) electrons. The number of benzene rings is 1. The Labute approximate surface area is 131 Å². The molecule has 0 aliphatic carbocycles. The number of nitrogens with two attached hydrogens (primary N) is 1. The molecule has 1 heterocycles. The molecule has 2 rings (SSSR count). The second-order valence-electron chi connectivity index (χ2n) is 4.45. The van der Waals surface area contributed by atoms with Crippen LogP contribution in [0.15, 0.2) is 17.0 Å². The van der Waals surface area contributed by atoms with Gasteiger partial charge in [-0.1, -0.05) is 23.2 Å². The first kappa shape index (κ1) is 16.0. The van der Waals surface area contributed by atoms with Crippen LogP contribution in [0.4, 0.5) is 5.69 Å². The van der Waals surface area contributed by atoms with E-state index in [1.165, 1.54) is 19.1 Å². The first-order valence-corrected chi connectivity index (χ1v) is 7.94. The number of sulfonamides is 1. The molecule has 1 fully saturated rings. The minimum Gasteiger partial charge on any atom is -0.399 e.